The van der Waals surface area contributed by atoms with Gasteiger partial charge in [0.05, 0.1) is 11.6 Å². The highest BCUT2D eigenvalue weighted by atomic mass is 16.1. The molecule has 5 heteroatoms. The van der Waals surface area contributed by atoms with Crippen molar-refractivity contribution in [1.82, 2.24) is 14.4 Å². The van der Waals surface area contributed by atoms with E-state index in [1.54, 1.807) is 6.20 Å². The maximum atomic E-state index is 13.5. The summed E-state index contributed by atoms with van der Waals surface area (Å²) in [4.78, 5) is 22.4. The van der Waals surface area contributed by atoms with E-state index in [2.05, 4.69) is 15.3 Å². The van der Waals surface area contributed by atoms with Crippen LogP contribution in [0.2, 0.25) is 0 Å². The predicted molar refractivity (Wildman–Crippen MR) is 127 cm³/mol. The van der Waals surface area contributed by atoms with Crippen molar-refractivity contribution in [3.05, 3.63) is 120 Å². The number of aromatic nitrogens is 3. The molecule has 0 aliphatic rings. The Morgan fingerprint density at radius 3 is 2.25 bits per heavy atom. The van der Waals surface area contributed by atoms with E-state index in [0.29, 0.717) is 5.78 Å². The van der Waals surface area contributed by atoms with Crippen LogP contribution in [0.1, 0.15) is 22.6 Å². The summed E-state index contributed by atoms with van der Waals surface area (Å²) in [6.45, 7) is 1.99. The van der Waals surface area contributed by atoms with Gasteiger partial charge >= 0.3 is 0 Å². The van der Waals surface area contributed by atoms with Crippen molar-refractivity contribution in [2.75, 3.05) is 5.32 Å². The van der Waals surface area contributed by atoms with E-state index in [-0.39, 0.29) is 5.91 Å². The number of benzene rings is 3. The molecule has 5 nitrogen and oxygen atoms in total. The molecule has 0 radical (unpaired) electrons. The summed E-state index contributed by atoms with van der Waals surface area (Å²) in [5.41, 5.74) is 5.40. The van der Waals surface area contributed by atoms with Gasteiger partial charge < -0.3 is 5.32 Å². The number of hydrogen-bond donors (Lipinski definition) is 1. The molecular weight excluding hydrogens is 396 g/mol. The molecule has 1 amide bonds. The molecule has 1 N–H and O–H groups in total. The second-order valence-corrected chi connectivity index (χ2v) is 7.73. The summed E-state index contributed by atoms with van der Waals surface area (Å²) in [6.07, 6.45) is 5.58. The molecule has 2 heterocycles. The average molecular weight is 419 g/mol. The van der Waals surface area contributed by atoms with Crippen molar-refractivity contribution in [1.29, 1.82) is 0 Å². The highest BCUT2D eigenvalue weighted by Crippen LogP contribution is 2.29. The Balaban J connectivity index is 1.49. The van der Waals surface area contributed by atoms with Gasteiger partial charge in [0.25, 0.3) is 0 Å². The quantitative estimate of drug-likeness (QED) is 0.411. The lowest BCUT2D eigenvalue weighted by Crippen LogP contribution is -2.22. The Labute approximate surface area is 186 Å². The Morgan fingerprint density at radius 1 is 0.906 bits per heavy atom. The molecule has 0 aliphatic heterocycles. The maximum absolute atomic E-state index is 13.5. The number of nitrogens with zero attached hydrogens (tertiary/aromatic N) is 3. The number of carbonyl (C=O) groups is 1. The van der Waals surface area contributed by atoms with Crippen LogP contribution >= 0.6 is 0 Å². The molecule has 0 spiro atoms. The number of aryl methyl sites for hydroxylation is 1. The second-order valence-electron chi connectivity index (χ2n) is 7.73. The van der Waals surface area contributed by atoms with Gasteiger partial charge in [0.1, 0.15) is 0 Å². The highest BCUT2D eigenvalue weighted by Gasteiger charge is 2.23. The van der Waals surface area contributed by atoms with Crippen LogP contribution in [-0.2, 0) is 4.79 Å². The van der Waals surface area contributed by atoms with Gasteiger partial charge in [0, 0.05) is 29.8 Å². The number of imidazole rings is 1. The van der Waals surface area contributed by atoms with Gasteiger partial charge in [-0.1, -0.05) is 72.8 Å². The molecule has 0 aliphatic carbocycles. The zero-order valence-electron chi connectivity index (χ0n) is 17.6. The molecule has 0 fully saturated rings. The summed E-state index contributed by atoms with van der Waals surface area (Å²) in [6, 6.07) is 27.6. The minimum atomic E-state index is -0.403. The molecule has 0 atom stereocenters. The lowest BCUT2D eigenvalue weighted by molar-refractivity contribution is -0.116. The van der Waals surface area contributed by atoms with E-state index in [1.165, 1.54) is 0 Å². The number of hydrogen-bond acceptors (Lipinski definition) is 3. The Morgan fingerprint density at radius 2 is 1.59 bits per heavy atom. The third-order valence-electron chi connectivity index (χ3n) is 5.55. The molecule has 0 saturated carbocycles. The van der Waals surface area contributed by atoms with Crippen LogP contribution in [0.25, 0.3) is 17.0 Å². The van der Waals surface area contributed by atoms with Crippen LogP contribution in [0.4, 0.5) is 5.69 Å². The van der Waals surface area contributed by atoms with Crippen molar-refractivity contribution in [3.8, 4) is 11.3 Å². The van der Waals surface area contributed by atoms with Crippen molar-refractivity contribution >= 4 is 17.4 Å². The first kappa shape index (κ1) is 19.7. The van der Waals surface area contributed by atoms with Crippen molar-refractivity contribution in [2.45, 2.75) is 12.8 Å². The number of fused-ring (bicyclic) bond motifs is 1. The summed E-state index contributed by atoms with van der Waals surface area (Å²) < 4.78 is 1.88. The maximum Gasteiger partial charge on any atom is 0.236 e. The van der Waals surface area contributed by atoms with Crippen LogP contribution in [0.15, 0.2) is 104 Å². The van der Waals surface area contributed by atoms with E-state index < -0.39 is 5.92 Å². The summed E-state index contributed by atoms with van der Waals surface area (Å²) in [7, 11) is 0. The van der Waals surface area contributed by atoms with Gasteiger partial charge in [0.15, 0.2) is 0 Å². The minimum Gasteiger partial charge on any atom is -0.325 e. The number of nitrogens with one attached hydrogen (secondary N) is 1. The minimum absolute atomic E-state index is 0.0701. The molecule has 3 aromatic carbocycles. The molecule has 0 bridgehead atoms. The van der Waals surface area contributed by atoms with Crippen LogP contribution < -0.4 is 5.32 Å². The van der Waals surface area contributed by atoms with E-state index in [0.717, 1.165) is 33.6 Å². The SMILES string of the molecule is Cc1ccc(-c2cn3cccnc3n2)cc1NC(=O)C(c1ccccc1)c1ccccc1. The molecule has 0 saturated heterocycles. The van der Waals surface area contributed by atoms with Gasteiger partial charge in [-0.05, 0) is 35.7 Å². The highest BCUT2D eigenvalue weighted by molar-refractivity contribution is 5.99. The third kappa shape index (κ3) is 3.88. The topological polar surface area (TPSA) is 59.3 Å². The lowest BCUT2D eigenvalue weighted by atomic mass is 9.90. The first-order chi connectivity index (χ1) is 15.7. The van der Waals surface area contributed by atoms with E-state index in [1.807, 2.05) is 109 Å². The lowest BCUT2D eigenvalue weighted by Gasteiger charge is -2.19. The fourth-order valence-corrected chi connectivity index (χ4v) is 3.88. The van der Waals surface area contributed by atoms with Crippen LogP contribution in [-0.4, -0.2) is 20.3 Å². The predicted octanol–water partition coefficient (Wildman–Crippen LogP) is 5.48. The molecule has 2 aromatic heterocycles. The molecule has 5 rings (SSSR count). The molecule has 0 unspecified atom stereocenters. The molecular formula is C27H22N4O. The van der Waals surface area contributed by atoms with Crippen molar-refractivity contribution in [3.63, 3.8) is 0 Å². The zero-order chi connectivity index (χ0) is 21.9. The normalized spacial score (nSPS) is 11.1. The first-order valence-electron chi connectivity index (χ1n) is 10.5. The van der Waals surface area contributed by atoms with Gasteiger partial charge in [0.2, 0.25) is 11.7 Å². The number of rotatable bonds is 5. The first-order valence-corrected chi connectivity index (χ1v) is 10.5. The fraction of sp³-hybridized carbons (Fsp3) is 0.0741. The summed E-state index contributed by atoms with van der Waals surface area (Å²) in [5, 5.41) is 3.16. The fourth-order valence-electron chi connectivity index (χ4n) is 3.88. The monoisotopic (exact) mass is 418 g/mol. The van der Waals surface area contributed by atoms with Crippen molar-refractivity contribution in [2.24, 2.45) is 0 Å². The number of amides is 1. The van der Waals surface area contributed by atoms with Gasteiger partial charge in [-0.3, -0.25) is 9.20 Å². The Hall–Kier alpha value is -4.25. The molecule has 32 heavy (non-hydrogen) atoms. The number of anilines is 1. The second kappa shape index (κ2) is 8.47. The van der Waals surface area contributed by atoms with E-state index >= 15 is 0 Å². The molecule has 156 valence electrons. The zero-order valence-corrected chi connectivity index (χ0v) is 17.6. The largest absolute Gasteiger partial charge is 0.325 e. The Bertz CT molecular complexity index is 1300. The van der Waals surface area contributed by atoms with E-state index in [9.17, 15) is 4.79 Å². The van der Waals surface area contributed by atoms with Crippen LogP contribution in [0.3, 0.4) is 0 Å². The number of carbonyl (C=O) groups excluding carboxylic acids is 1. The van der Waals surface area contributed by atoms with Gasteiger partial charge in [-0.15, -0.1) is 0 Å². The smallest absolute Gasteiger partial charge is 0.236 e. The van der Waals surface area contributed by atoms with Crippen LogP contribution in [0.5, 0.6) is 0 Å². The molecule has 5 aromatic rings. The van der Waals surface area contributed by atoms with Gasteiger partial charge in [-0.25, -0.2) is 9.97 Å². The van der Waals surface area contributed by atoms with Gasteiger partial charge in [-0.2, -0.15) is 0 Å². The van der Waals surface area contributed by atoms with Crippen LogP contribution in [0, 0.1) is 6.92 Å². The van der Waals surface area contributed by atoms with E-state index in [4.69, 9.17) is 0 Å². The average Bonchev–Trinajstić information content (AvgIpc) is 3.26. The van der Waals surface area contributed by atoms with Crippen molar-refractivity contribution < 1.29 is 4.79 Å². The summed E-state index contributed by atoms with van der Waals surface area (Å²) >= 11 is 0. The third-order valence-corrected chi connectivity index (χ3v) is 5.55. The standard InChI is InChI=1S/C27H22N4O/c1-19-13-14-22(24-18-31-16-8-15-28-27(31)30-24)17-23(19)29-26(32)25(20-9-4-2-5-10-20)21-11-6-3-7-12-21/h2-18,25H,1H3,(H,29,32). The Kier molecular flexibility index (Phi) is 5.22. The summed E-state index contributed by atoms with van der Waals surface area (Å²) in [5.74, 6) is 0.168.